The molecular weight excluding hydrogens is 605 g/mol. The lowest BCUT2D eigenvalue weighted by molar-refractivity contribution is 1.23. The first kappa shape index (κ1) is 30.7. The summed E-state index contributed by atoms with van der Waals surface area (Å²) >= 11 is 0. The van der Waals surface area contributed by atoms with Gasteiger partial charge >= 0.3 is 0 Å². The third-order valence-corrected chi connectivity index (χ3v) is 9.06. The van der Waals surface area contributed by atoms with Gasteiger partial charge in [-0.2, -0.15) is 0 Å². The van der Waals surface area contributed by atoms with Gasteiger partial charge in [0.15, 0.2) is 0 Å². The summed E-state index contributed by atoms with van der Waals surface area (Å²) < 4.78 is 0. The molecule has 8 aromatic carbocycles. The van der Waals surface area contributed by atoms with Gasteiger partial charge in [-0.15, -0.1) is 0 Å². The lowest BCUT2D eigenvalue weighted by atomic mass is 9.98. The van der Waals surface area contributed by atoms with Gasteiger partial charge in [0.2, 0.25) is 0 Å². The molecule has 0 N–H and O–H groups in total. The van der Waals surface area contributed by atoms with Crippen molar-refractivity contribution in [1.29, 1.82) is 0 Å². The predicted molar refractivity (Wildman–Crippen MR) is 212 cm³/mol. The van der Waals surface area contributed by atoms with Crippen LogP contribution in [0.4, 0.5) is 34.1 Å². The van der Waals surface area contributed by atoms with Gasteiger partial charge in [-0.3, -0.25) is 0 Å². The fourth-order valence-corrected chi connectivity index (χ4v) is 6.65. The average molecular weight is 641 g/mol. The van der Waals surface area contributed by atoms with Crippen molar-refractivity contribution in [3.05, 3.63) is 218 Å². The highest BCUT2D eigenvalue weighted by molar-refractivity contribution is 5.99. The first-order chi connectivity index (χ1) is 24.8. The fraction of sp³-hybridized carbons (Fsp3) is 0. The maximum Gasteiger partial charge on any atom is 0.0781 e. The van der Waals surface area contributed by atoms with E-state index in [0.717, 1.165) is 45.3 Å². The second kappa shape index (κ2) is 14.2. The predicted octanol–water partition coefficient (Wildman–Crippen LogP) is 13.6. The molecule has 0 bridgehead atoms. The van der Waals surface area contributed by atoms with E-state index in [2.05, 4.69) is 228 Å². The van der Waals surface area contributed by atoms with Crippen LogP contribution in [0.25, 0.3) is 33.4 Å². The zero-order chi connectivity index (χ0) is 33.5. The summed E-state index contributed by atoms with van der Waals surface area (Å²) in [5.74, 6) is 0. The van der Waals surface area contributed by atoms with Crippen molar-refractivity contribution in [1.82, 2.24) is 0 Å². The summed E-state index contributed by atoms with van der Waals surface area (Å²) in [5, 5.41) is 0. The van der Waals surface area contributed by atoms with E-state index in [1.54, 1.807) is 0 Å². The van der Waals surface area contributed by atoms with Crippen molar-refractivity contribution in [2.24, 2.45) is 0 Å². The molecule has 8 rings (SSSR count). The second-order valence-electron chi connectivity index (χ2n) is 12.2. The summed E-state index contributed by atoms with van der Waals surface area (Å²) in [4.78, 5) is 4.78. The first-order valence-electron chi connectivity index (χ1n) is 17.0. The van der Waals surface area contributed by atoms with Crippen molar-refractivity contribution in [2.75, 3.05) is 9.80 Å². The van der Waals surface area contributed by atoms with Gasteiger partial charge in [0.1, 0.15) is 0 Å². The van der Waals surface area contributed by atoms with Crippen LogP contribution in [0, 0.1) is 0 Å². The molecule has 0 aromatic heterocycles. The Hall–Kier alpha value is -6.64. The molecule has 0 saturated carbocycles. The van der Waals surface area contributed by atoms with Gasteiger partial charge in [0.25, 0.3) is 0 Å². The minimum Gasteiger partial charge on any atom is -0.308 e. The molecule has 0 unspecified atom stereocenters. The van der Waals surface area contributed by atoms with Gasteiger partial charge in [0, 0.05) is 28.3 Å². The summed E-state index contributed by atoms with van der Waals surface area (Å²) in [7, 11) is 0. The normalized spacial score (nSPS) is 10.8. The Bertz CT molecular complexity index is 2270. The Kier molecular flexibility index (Phi) is 8.73. The molecule has 0 amide bonds. The number of para-hydroxylation sites is 3. The Balaban J connectivity index is 1.37. The number of hydrogen-bond acceptors (Lipinski definition) is 2. The van der Waals surface area contributed by atoms with E-state index in [4.69, 9.17) is 0 Å². The molecule has 2 nitrogen and oxygen atoms in total. The van der Waals surface area contributed by atoms with Gasteiger partial charge in [0.05, 0.1) is 11.4 Å². The standard InChI is InChI=1S/C48H36N2/c1-6-17-37(18-7-1)39-29-33-44(34-30-39)49(42-23-12-4-13-24-42)47-28-16-27-46(41-21-10-3-11-22-41)48(47)50(43-25-14-5-15-26-43)45-35-31-40(32-36-45)38-19-8-2-9-20-38/h1-36H. The molecular formula is C48H36N2. The quantitative estimate of drug-likeness (QED) is 0.155. The van der Waals surface area contributed by atoms with Crippen LogP contribution in [-0.4, -0.2) is 0 Å². The van der Waals surface area contributed by atoms with E-state index in [9.17, 15) is 0 Å². The lowest BCUT2D eigenvalue weighted by Gasteiger charge is -2.35. The van der Waals surface area contributed by atoms with Crippen LogP contribution in [-0.2, 0) is 0 Å². The van der Waals surface area contributed by atoms with Crippen LogP contribution in [0.2, 0.25) is 0 Å². The number of rotatable bonds is 9. The van der Waals surface area contributed by atoms with Crippen LogP contribution in [0.3, 0.4) is 0 Å². The maximum absolute atomic E-state index is 2.40. The molecule has 8 aromatic rings. The highest BCUT2D eigenvalue weighted by Crippen LogP contribution is 2.50. The Morgan fingerprint density at radius 3 is 1.02 bits per heavy atom. The van der Waals surface area contributed by atoms with Crippen LogP contribution >= 0.6 is 0 Å². The van der Waals surface area contributed by atoms with Crippen LogP contribution in [0.5, 0.6) is 0 Å². The summed E-state index contributed by atoms with van der Waals surface area (Å²) in [6, 6.07) is 77.7. The summed E-state index contributed by atoms with van der Waals surface area (Å²) in [5.41, 5.74) is 13.5. The zero-order valence-corrected chi connectivity index (χ0v) is 27.7. The molecule has 2 heteroatoms. The van der Waals surface area contributed by atoms with E-state index in [0.29, 0.717) is 0 Å². The highest BCUT2D eigenvalue weighted by Gasteiger charge is 2.25. The molecule has 0 aliphatic rings. The van der Waals surface area contributed by atoms with Gasteiger partial charge in [-0.1, -0.05) is 164 Å². The Labute approximate surface area is 294 Å². The SMILES string of the molecule is c1ccc(-c2ccc(N(c3ccccc3)c3cccc(-c4ccccc4)c3N(c3ccccc3)c3ccc(-c4ccccc4)cc3)cc2)cc1. The number of hydrogen-bond donors (Lipinski definition) is 0. The molecule has 0 atom stereocenters. The van der Waals surface area contributed by atoms with E-state index < -0.39 is 0 Å². The molecule has 0 aliphatic heterocycles. The molecule has 0 heterocycles. The third-order valence-electron chi connectivity index (χ3n) is 9.06. The van der Waals surface area contributed by atoms with Crippen molar-refractivity contribution >= 4 is 34.1 Å². The van der Waals surface area contributed by atoms with E-state index in [1.165, 1.54) is 22.3 Å². The van der Waals surface area contributed by atoms with Gasteiger partial charge < -0.3 is 9.80 Å². The Morgan fingerprint density at radius 1 is 0.220 bits per heavy atom. The van der Waals surface area contributed by atoms with Crippen LogP contribution < -0.4 is 9.80 Å². The Morgan fingerprint density at radius 2 is 0.560 bits per heavy atom. The van der Waals surface area contributed by atoms with Crippen molar-refractivity contribution in [3.63, 3.8) is 0 Å². The maximum atomic E-state index is 2.40. The molecule has 238 valence electrons. The van der Waals surface area contributed by atoms with Crippen molar-refractivity contribution < 1.29 is 0 Å². The summed E-state index contributed by atoms with van der Waals surface area (Å²) in [6.45, 7) is 0. The topological polar surface area (TPSA) is 6.48 Å². The molecule has 0 aliphatic carbocycles. The second-order valence-corrected chi connectivity index (χ2v) is 12.2. The highest BCUT2D eigenvalue weighted by atomic mass is 15.2. The molecule has 0 fully saturated rings. The van der Waals surface area contributed by atoms with E-state index >= 15 is 0 Å². The minimum atomic E-state index is 1.07. The summed E-state index contributed by atoms with van der Waals surface area (Å²) in [6.07, 6.45) is 0. The smallest absolute Gasteiger partial charge is 0.0781 e. The third kappa shape index (κ3) is 6.31. The van der Waals surface area contributed by atoms with Crippen LogP contribution in [0.15, 0.2) is 218 Å². The monoisotopic (exact) mass is 640 g/mol. The van der Waals surface area contributed by atoms with E-state index in [-0.39, 0.29) is 0 Å². The van der Waals surface area contributed by atoms with Gasteiger partial charge in [-0.05, 0) is 82.4 Å². The zero-order valence-electron chi connectivity index (χ0n) is 27.7. The van der Waals surface area contributed by atoms with Gasteiger partial charge in [-0.25, -0.2) is 0 Å². The number of nitrogens with zero attached hydrogens (tertiary/aromatic N) is 2. The number of anilines is 6. The minimum absolute atomic E-state index is 1.07. The molecule has 0 spiro atoms. The average Bonchev–Trinajstić information content (AvgIpc) is 3.21. The van der Waals surface area contributed by atoms with Crippen molar-refractivity contribution in [3.8, 4) is 33.4 Å². The van der Waals surface area contributed by atoms with Crippen molar-refractivity contribution in [2.45, 2.75) is 0 Å². The van der Waals surface area contributed by atoms with E-state index in [1.807, 2.05) is 0 Å². The molecule has 0 saturated heterocycles. The van der Waals surface area contributed by atoms with Crippen LogP contribution in [0.1, 0.15) is 0 Å². The first-order valence-corrected chi connectivity index (χ1v) is 17.0. The lowest BCUT2D eigenvalue weighted by Crippen LogP contribution is -2.18. The largest absolute Gasteiger partial charge is 0.308 e. The number of benzene rings is 8. The molecule has 0 radical (unpaired) electrons. The molecule has 50 heavy (non-hydrogen) atoms. The fourth-order valence-electron chi connectivity index (χ4n) is 6.65.